The third kappa shape index (κ3) is 2.59. The summed E-state index contributed by atoms with van der Waals surface area (Å²) in [5, 5.41) is 0. The largest absolute Gasteiger partial charge is 0.494 e. The highest BCUT2D eigenvalue weighted by molar-refractivity contribution is 5.87. The van der Waals surface area contributed by atoms with Crippen molar-refractivity contribution in [3.8, 4) is 16.9 Å². The van der Waals surface area contributed by atoms with Crippen LogP contribution in [0.5, 0.6) is 5.75 Å². The van der Waals surface area contributed by atoms with Gasteiger partial charge < -0.3 is 4.74 Å². The number of aryl methyl sites for hydroxylation is 1. The maximum atomic E-state index is 11.1. The molecule has 2 aromatic rings. The van der Waals surface area contributed by atoms with Gasteiger partial charge in [0.15, 0.2) is 6.29 Å². The van der Waals surface area contributed by atoms with Gasteiger partial charge in [0.25, 0.3) is 0 Å². The van der Waals surface area contributed by atoms with Crippen LogP contribution in [-0.4, -0.2) is 12.9 Å². The lowest BCUT2D eigenvalue weighted by Crippen LogP contribution is -1.92. The molecule has 0 aliphatic rings. The van der Waals surface area contributed by atoms with E-state index in [1.54, 1.807) is 0 Å². The van der Waals surface area contributed by atoms with Gasteiger partial charge >= 0.3 is 0 Å². The van der Waals surface area contributed by atoms with Gasteiger partial charge in [-0.15, -0.1) is 0 Å². The summed E-state index contributed by atoms with van der Waals surface area (Å²) in [7, 11) is 0. The lowest BCUT2D eigenvalue weighted by atomic mass is 9.98. The molecule has 2 nitrogen and oxygen atoms in total. The molecule has 0 saturated carbocycles. The zero-order valence-corrected chi connectivity index (χ0v) is 10.6. The van der Waals surface area contributed by atoms with Crippen LogP contribution in [0.15, 0.2) is 42.5 Å². The number of ether oxygens (including phenoxy) is 1. The zero-order valence-electron chi connectivity index (χ0n) is 10.6. The summed E-state index contributed by atoms with van der Waals surface area (Å²) in [6.07, 6.45) is 0.902. The third-order valence-electron chi connectivity index (χ3n) is 2.81. The lowest BCUT2D eigenvalue weighted by molar-refractivity contribution is 0.112. The van der Waals surface area contributed by atoms with Crippen molar-refractivity contribution < 1.29 is 9.53 Å². The molecule has 0 aromatic heterocycles. The van der Waals surface area contributed by atoms with Crippen molar-refractivity contribution in [1.29, 1.82) is 0 Å². The summed E-state index contributed by atoms with van der Waals surface area (Å²) in [5.74, 6) is 0.848. The quantitative estimate of drug-likeness (QED) is 0.758. The topological polar surface area (TPSA) is 26.3 Å². The Hall–Kier alpha value is -2.09. The molecule has 18 heavy (non-hydrogen) atoms. The number of carbonyl (C=O) groups excluding carboxylic acids is 1. The number of hydrogen-bond acceptors (Lipinski definition) is 2. The van der Waals surface area contributed by atoms with Gasteiger partial charge in [0.1, 0.15) is 5.75 Å². The highest BCUT2D eigenvalue weighted by atomic mass is 16.5. The van der Waals surface area contributed by atoms with Crippen LogP contribution in [0.25, 0.3) is 11.1 Å². The summed E-state index contributed by atoms with van der Waals surface area (Å²) in [6, 6.07) is 13.7. The Morgan fingerprint density at radius 2 is 1.83 bits per heavy atom. The molecule has 2 rings (SSSR count). The minimum Gasteiger partial charge on any atom is -0.494 e. The average Bonchev–Trinajstić information content (AvgIpc) is 2.40. The maximum absolute atomic E-state index is 11.1. The van der Waals surface area contributed by atoms with E-state index in [4.69, 9.17) is 4.74 Å². The van der Waals surface area contributed by atoms with E-state index in [0.717, 1.165) is 34.3 Å². The van der Waals surface area contributed by atoms with E-state index in [1.165, 1.54) is 0 Å². The summed E-state index contributed by atoms with van der Waals surface area (Å²) < 4.78 is 5.40. The molecular weight excluding hydrogens is 224 g/mol. The number of rotatable bonds is 4. The number of benzene rings is 2. The van der Waals surface area contributed by atoms with Gasteiger partial charge in [-0.1, -0.05) is 29.8 Å². The molecule has 0 unspecified atom stereocenters. The highest BCUT2D eigenvalue weighted by Crippen LogP contribution is 2.25. The van der Waals surface area contributed by atoms with Crippen molar-refractivity contribution in [2.75, 3.05) is 6.61 Å². The van der Waals surface area contributed by atoms with Crippen molar-refractivity contribution >= 4 is 6.29 Å². The second-order valence-electron chi connectivity index (χ2n) is 4.17. The maximum Gasteiger partial charge on any atom is 0.150 e. The van der Waals surface area contributed by atoms with Crippen molar-refractivity contribution in [1.82, 2.24) is 0 Å². The molecule has 0 radical (unpaired) electrons. The normalized spacial score (nSPS) is 10.1. The fourth-order valence-corrected chi connectivity index (χ4v) is 1.94. The van der Waals surface area contributed by atoms with E-state index in [0.29, 0.717) is 6.61 Å². The molecule has 0 heterocycles. The Kier molecular flexibility index (Phi) is 3.78. The van der Waals surface area contributed by atoms with Crippen LogP contribution < -0.4 is 4.74 Å². The summed E-state index contributed by atoms with van der Waals surface area (Å²) in [4.78, 5) is 11.1. The predicted octanol–water partition coefficient (Wildman–Crippen LogP) is 3.87. The first kappa shape index (κ1) is 12.4. The van der Waals surface area contributed by atoms with Crippen LogP contribution in [0.3, 0.4) is 0 Å². The zero-order chi connectivity index (χ0) is 13.0. The molecular formula is C16H16O2. The summed E-state index contributed by atoms with van der Waals surface area (Å²) in [6.45, 7) is 4.59. The first-order chi connectivity index (χ1) is 8.74. The van der Waals surface area contributed by atoms with Gasteiger partial charge in [0, 0.05) is 5.56 Å². The van der Waals surface area contributed by atoms with Crippen molar-refractivity contribution in [3.05, 3.63) is 53.6 Å². The molecule has 2 heteroatoms. The minimum absolute atomic E-state index is 0.656. The fourth-order valence-electron chi connectivity index (χ4n) is 1.94. The average molecular weight is 240 g/mol. The van der Waals surface area contributed by atoms with Gasteiger partial charge in [-0.3, -0.25) is 4.79 Å². The summed E-state index contributed by atoms with van der Waals surface area (Å²) in [5.41, 5.74) is 3.80. The molecule has 0 saturated heterocycles. The van der Waals surface area contributed by atoms with E-state index in [9.17, 15) is 4.79 Å². The summed E-state index contributed by atoms with van der Waals surface area (Å²) >= 11 is 0. The van der Waals surface area contributed by atoms with Gasteiger partial charge in [-0.05, 0) is 43.2 Å². The standard InChI is InChI=1S/C16H16O2/c1-3-18-15-7-5-13(6-8-15)16-9-4-12(2)10-14(16)11-17/h4-11H,3H2,1-2H3. The monoisotopic (exact) mass is 240 g/mol. The molecule has 0 aliphatic carbocycles. The highest BCUT2D eigenvalue weighted by Gasteiger charge is 2.05. The van der Waals surface area contributed by atoms with Gasteiger partial charge in [-0.2, -0.15) is 0 Å². The molecule has 0 aliphatic heterocycles. The van der Waals surface area contributed by atoms with E-state index >= 15 is 0 Å². The minimum atomic E-state index is 0.656. The Balaban J connectivity index is 2.39. The molecule has 2 aromatic carbocycles. The van der Waals surface area contributed by atoms with Crippen LogP contribution in [0.2, 0.25) is 0 Å². The molecule has 0 atom stereocenters. The third-order valence-corrected chi connectivity index (χ3v) is 2.81. The second-order valence-corrected chi connectivity index (χ2v) is 4.17. The van der Waals surface area contributed by atoms with Crippen molar-refractivity contribution in [2.45, 2.75) is 13.8 Å². The van der Waals surface area contributed by atoms with Crippen LogP contribution in [0.1, 0.15) is 22.8 Å². The molecule has 0 bridgehead atoms. The molecule has 0 N–H and O–H groups in total. The molecule has 0 spiro atoms. The van der Waals surface area contributed by atoms with Crippen LogP contribution in [-0.2, 0) is 0 Å². The predicted molar refractivity (Wildman–Crippen MR) is 73.2 cm³/mol. The van der Waals surface area contributed by atoms with Crippen molar-refractivity contribution in [3.63, 3.8) is 0 Å². The second kappa shape index (κ2) is 5.50. The van der Waals surface area contributed by atoms with Gasteiger partial charge in [0.05, 0.1) is 6.61 Å². The Labute approximate surface area is 107 Å². The SMILES string of the molecule is CCOc1ccc(-c2ccc(C)cc2C=O)cc1. The Bertz CT molecular complexity index is 542. The fraction of sp³-hybridized carbons (Fsp3) is 0.188. The smallest absolute Gasteiger partial charge is 0.150 e. The van der Waals surface area contributed by atoms with Crippen LogP contribution >= 0.6 is 0 Å². The van der Waals surface area contributed by atoms with E-state index in [2.05, 4.69) is 0 Å². The number of hydrogen-bond donors (Lipinski definition) is 0. The first-order valence-corrected chi connectivity index (χ1v) is 6.03. The first-order valence-electron chi connectivity index (χ1n) is 6.03. The lowest BCUT2D eigenvalue weighted by Gasteiger charge is -2.08. The van der Waals surface area contributed by atoms with E-state index in [-0.39, 0.29) is 0 Å². The Morgan fingerprint density at radius 1 is 1.11 bits per heavy atom. The van der Waals surface area contributed by atoms with E-state index in [1.807, 2.05) is 56.3 Å². The van der Waals surface area contributed by atoms with Gasteiger partial charge in [0.2, 0.25) is 0 Å². The van der Waals surface area contributed by atoms with Gasteiger partial charge in [-0.25, -0.2) is 0 Å². The van der Waals surface area contributed by atoms with Crippen LogP contribution in [0.4, 0.5) is 0 Å². The van der Waals surface area contributed by atoms with E-state index < -0.39 is 0 Å². The van der Waals surface area contributed by atoms with Crippen molar-refractivity contribution in [2.24, 2.45) is 0 Å². The number of aldehydes is 1. The number of carbonyl (C=O) groups is 1. The Morgan fingerprint density at radius 3 is 2.44 bits per heavy atom. The molecule has 92 valence electrons. The van der Waals surface area contributed by atoms with Crippen LogP contribution in [0, 0.1) is 6.92 Å². The molecule has 0 fully saturated rings. The molecule has 0 amide bonds.